The van der Waals surface area contributed by atoms with E-state index in [0.29, 0.717) is 12.1 Å². The van der Waals surface area contributed by atoms with E-state index in [2.05, 4.69) is 4.74 Å². The standard InChI is InChI=1S/C11H8F4O3/c1-2-18-10(17)9(16)7-4-3-6(12)5-8(7)11(13,14)15/h3-5H,2H2,1H3. The predicted molar refractivity (Wildman–Crippen MR) is 52.4 cm³/mol. The van der Waals surface area contributed by atoms with Gasteiger partial charge in [0.25, 0.3) is 5.78 Å². The van der Waals surface area contributed by atoms with Gasteiger partial charge in [-0.15, -0.1) is 0 Å². The molecule has 0 spiro atoms. The molecule has 1 rings (SSSR count). The summed E-state index contributed by atoms with van der Waals surface area (Å²) < 4.78 is 54.8. The molecule has 0 saturated carbocycles. The van der Waals surface area contributed by atoms with Gasteiger partial charge in [-0.25, -0.2) is 9.18 Å². The third kappa shape index (κ3) is 3.06. The number of hydrogen-bond donors (Lipinski definition) is 0. The molecule has 3 nitrogen and oxygen atoms in total. The van der Waals surface area contributed by atoms with E-state index in [4.69, 9.17) is 0 Å². The normalized spacial score (nSPS) is 11.2. The minimum Gasteiger partial charge on any atom is -0.460 e. The number of esters is 1. The van der Waals surface area contributed by atoms with E-state index in [0.717, 1.165) is 0 Å². The Kier molecular flexibility index (Phi) is 4.05. The third-order valence-corrected chi connectivity index (χ3v) is 1.99. The van der Waals surface area contributed by atoms with Crippen LogP contribution in [0.25, 0.3) is 0 Å². The lowest BCUT2D eigenvalue weighted by atomic mass is 10.0. The molecule has 0 aliphatic rings. The summed E-state index contributed by atoms with van der Waals surface area (Å²) in [4.78, 5) is 22.5. The van der Waals surface area contributed by atoms with Crippen molar-refractivity contribution in [2.24, 2.45) is 0 Å². The number of Topliss-reactive ketones (excluding diaryl/α,β-unsaturated/α-hetero) is 1. The van der Waals surface area contributed by atoms with Gasteiger partial charge in [-0.05, 0) is 25.1 Å². The average molecular weight is 264 g/mol. The second kappa shape index (κ2) is 5.16. The maximum atomic E-state index is 12.8. The van der Waals surface area contributed by atoms with E-state index in [9.17, 15) is 27.2 Å². The topological polar surface area (TPSA) is 43.4 Å². The Balaban J connectivity index is 3.24. The first-order valence-corrected chi connectivity index (χ1v) is 4.85. The molecule has 0 radical (unpaired) electrons. The van der Waals surface area contributed by atoms with Gasteiger partial charge >= 0.3 is 12.1 Å². The quantitative estimate of drug-likeness (QED) is 0.365. The molecule has 0 aliphatic heterocycles. The van der Waals surface area contributed by atoms with Crippen LogP contribution in [0.1, 0.15) is 22.8 Å². The van der Waals surface area contributed by atoms with Crippen LogP contribution in [0.5, 0.6) is 0 Å². The molecule has 1 aromatic carbocycles. The van der Waals surface area contributed by atoms with Crippen LogP contribution < -0.4 is 0 Å². The summed E-state index contributed by atoms with van der Waals surface area (Å²) in [5.41, 5.74) is -2.43. The fourth-order valence-electron chi connectivity index (χ4n) is 1.26. The summed E-state index contributed by atoms with van der Waals surface area (Å²) in [6.07, 6.45) is -4.93. The highest BCUT2D eigenvalue weighted by molar-refractivity contribution is 6.41. The summed E-state index contributed by atoms with van der Waals surface area (Å²) in [7, 11) is 0. The van der Waals surface area contributed by atoms with Crippen molar-refractivity contribution in [1.29, 1.82) is 0 Å². The van der Waals surface area contributed by atoms with E-state index >= 15 is 0 Å². The Morgan fingerprint density at radius 2 is 1.89 bits per heavy atom. The molecule has 7 heteroatoms. The number of alkyl halides is 3. The fraction of sp³-hybridized carbons (Fsp3) is 0.273. The Morgan fingerprint density at radius 1 is 1.28 bits per heavy atom. The molecule has 0 heterocycles. The van der Waals surface area contributed by atoms with Crippen molar-refractivity contribution in [3.63, 3.8) is 0 Å². The van der Waals surface area contributed by atoms with E-state index < -0.39 is 34.9 Å². The van der Waals surface area contributed by atoms with E-state index in [1.807, 2.05) is 0 Å². The maximum Gasteiger partial charge on any atom is 0.417 e. The van der Waals surface area contributed by atoms with Gasteiger partial charge in [0.15, 0.2) is 0 Å². The summed E-state index contributed by atoms with van der Waals surface area (Å²) in [5.74, 6) is -4.01. The number of ether oxygens (including phenoxy) is 1. The summed E-state index contributed by atoms with van der Waals surface area (Å²) in [5, 5.41) is 0. The number of hydrogen-bond acceptors (Lipinski definition) is 3. The third-order valence-electron chi connectivity index (χ3n) is 1.99. The highest BCUT2D eigenvalue weighted by atomic mass is 19.4. The second-order valence-corrected chi connectivity index (χ2v) is 3.24. The monoisotopic (exact) mass is 264 g/mol. The second-order valence-electron chi connectivity index (χ2n) is 3.24. The van der Waals surface area contributed by atoms with Crippen LogP contribution in [0.2, 0.25) is 0 Å². The lowest BCUT2D eigenvalue weighted by molar-refractivity contribution is -0.139. The van der Waals surface area contributed by atoms with Crippen LogP contribution in [0, 0.1) is 5.82 Å². The van der Waals surface area contributed by atoms with Crippen LogP contribution in [0.3, 0.4) is 0 Å². The van der Waals surface area contributed by atoms with E-state index in [1.165, 1.54) is 6.92 Å². The molecule has 0 aliphatic carbocycles. The molecule has 0 atom stereocenters. The molecule has 0 saturated heterocycles. The van der Waals surface area contributed by atoms with Crippen LogP contribution in [0.15, 0.2) is 18.2 Å². The number of carbonyl (C=O) groups is 2. The highest BCUT2D eigenvalue weighted by Crippen LogP contribution is 2.32. The van der Waals surface area contributed by atoms with Gasteiger partial charge in [-0.1, -0.05) is 0 Å². The van der Waals surface area contributed by atoms with Gasteiger partial charge < -0.3 is 4.74 Å². The largest absolute Gasteiger partial charge is 0.460 e. The molecule has 1 aromatic rings. The summed E-state index contributed by atoms with van der Waals surface area (Å²) in [6, 6.07) is 1.44. The number of halogens is 4. The molecule has 0 amide bonds. The minimum absolute atomic E-state index is 0.146. The van der Waals surface area contributed by atoms with Crippen molar-refractivity contribution in [1.82, 2.24) is 0 Å². The van der Waals surface area contributed by atoms with Crippen molar-refractivity contribution < 1.29 is 31.9 Å². The molecule has 0 aromatic heterocycles. The Labute approximate surface area is 99.4 Å². The number of benzene rings is 1. The minimum atomic E-state index is -4.93. The van der Waals surface area contributed by atoms with Crippen molar-refractivity contribution in [2.75, 3.05) is 6.61 Å². The molecule has 0 bridgehead atoms. The van der Waals surface area contributed by atoms with Crippen molar-refractivity contribution in [2.45, 2.75) is 13.1 Å². The van der Waals surface area contributed by atoms with Crippen molar-refractivity contribution >= 4 is 11.8 Å². The fourth-order valence-corrected chi connectivity index (χ4v) is 1.26. The van der Waals surface area contributed by atoms with Gasteiger partial charge in [0, 0.05) is 5.56 Å². The van der Waals surface area contributed by atoms with E-state index in [1.54, 1.807) is 0 Å². The van der Waals surface area contributed by atoms with Gasteiger partial charge in [0.2, 0.25) is 0 Å². The van der Waals surface area contributed by atoms with Crippen LogP contribution in [0.4, 0.5) is 17.6 Å². The first kappa shape index (κ1) is 14.1. The lowest BCUT2D eigenvalue weighted by Crippen LogP contribution is -2.22. The van der Waals surface area contributed by atoms with Crippen molar-refractivity contribution in [3.05, 3.63) is 35.1 Å². The zero-order valence-electron chi connectivity index (χ0n) is 9.18. The lowest BCUT2D eigenvalue weighted by Gasteiger charge is -2.11. The molecule has 18 heavy (non-hydrogen) atoms. The summed E-state index contributed by atoms with van der Waals surface area (Å²) in [6.45, 7) is 1.26. The van der Waals surface area contributed by atoms with Crippen LogP contribution in [-0.4, -0.2) is 18.4 Å². The molecular weight excluding hydrogens is 256 g/mol. The first-order chi connectivity index (χ1) is 8.27. The zero-order valence-corrected chi connectivity index (χ0v) is 9.18. The Morgan fingerprint density at radius 3 is 2.39 bits per heavy atom. The Bertz CT molecular complexity index is 480. The summed E-state index contributed by atoms with van der Waals surface area (Å²) >= 11 is 0. The molecule has 0 fully saturated rings. The maximum absolute atomic E-state index is 12.8. The van der Waals surface area contributed by atoms with E-state index in [-0.39, 0.29) is 12.7 Å². The zero-order chi connectivity index (χ0) is 13.9. The predicted octanol–water partition coefficient (Wildman–Crippen LogP) is 2.59. The molecule has 0 unspecified atom stereocenters. The van der Waals surface area contributed by atoms with Gasteiger partial charge in [0.1, 0.15) is 5.82 Å². The number of ketones is 1. The van der Waals surface area contributed by atoms with Gasteiger partial charge in [-0.2, -0.15) is 13.2 Å². The molecule has 0 N–H and O–H groups in total. The Hall–Kier alpha value is -1.92. The molecular formula is C11H8F4O3. The van der Waals surface area contributed by atoms with Crippen molar-refractivity contribution in [3.8, 4) is 0 Å². The van der Waals surface area contributed by atoms with Crippen LogP contribution >= 0.6 is 0 Å². The first-order valence-electron chi connectivity index (χ1n) is 4.85. The average Bonchev–Trinajstić information content (AvgIpc) is 2.27. The number of carbonyl (C=O) groups excluding carboxylic acids is 2. The van der Waals surface area contributed by atoms with Crippen LogP contribution in [-0.2, 0) is 15.7 Å². The SMILES string of the molecule is CCOC(=O)C(=O)c1ccc(F)cc1C(F)(F)F. The molecule has 98 valence electrons. The van der Waals surface area contributed by atoms with Gasteiger partial charge in [-0.3, -0.25) is 4.79 Å². The highest BCUT2D eigenvalue weighted by Gasteiger charge is 2.37. The smallest absolute Gasteiger partial charge is 0.417 e. The van der Waals surface area contributed by atoms with Gasteiger partial charge in [0.05, 0.1) is 12.2 Å². The number of rotatable bonds is 3.